The molecular formula is C20H19N3O. The molecule has 24 heavy (non-hydrogen) atoms. The molecule has 0 radical (unpaired) electrons. The largest absolute Gasteiger partial charge is 0.358 e. The maximum absolute atomic E-state index is 13.0. The van der Waals surface area contributed by atoms with Crippen LogP contribution in [0.1, 0.15) is 29.5 Å². The summed E-state index contributed by atoms with van der Waals surface area (Å²) < 4.78 is 0. The number of carbonyl (C=O) groups excluding carboxylic acids is 1. The van der Waals surface area contributed by atoms with Gasteiger partial charge in [0.1, 0.15) is 6.04 Å². The predicted molar refractivity (Wildman–Crippen MR) is 93.9 cm³/mol. The summed E-state index contributed by atoms with van der Waals surface area (Å²) in [6, 6.07) is 16.1. The zero-order valence-electron chi connectivity index (χ0n) is 13.7. The highest BCUT2D eigenvalue weighted by atomic mass is 16.2. The van der Waals surface area contributed by atoms with E-state index in [4.69, 9.17) is 0 Å². The first kappa shape index (κ1) is 14.8. The summed E-state index contributed by atoms with van der Waals surface area (Å²) in [7, 11) is 0. The zero-order chi connectivity index (χ0) is 16.7. The van der Waals surface area contributed by atoms with Crippen LogP contribution < -0.4 is 9.80 Å². The molecule has 1 amide bonds. The van der Waals surface area contributed by atoms with Crippen LogP contribution in [0.4, 0.5) is 11.4 Å². The number of amides is 1. The Kier molecular flexibility index (Phi) is 3.50. The molecule has 4 heteroatoms. The van der Waals surface area contributed by atoms with Gasteiger partial charge in [-0.3, -0.25) is 4.79 Å². The second-order valence-corrected chi connectivity index (χ2v) is 6.58. The Morgan fingerprint density at radius 3 is 2.71 bits per heavy atom. The number of fused-ring (bicyclic) bond motifs is 3. The maximum atomic E-state index is 13.0. The molecule has 1 fully saturated rings. The number of aryl methyl sites for hydroxylation is 1. The minimum atomic E-state index is -0.0594. The third-order valence-corrected chi connectivity index (χ3v) is 4.97. The number of anilines is 2. The van der Waals surface area contributed by atoms with E-state index in [1.807, 2.05) is 23.1 Å². The van der Waals surface area contributed by atoms with Crippen LogP contribution in [0.3, 0.4) is 0 Å². The van der Waals surface area contributed by atoms with Gasteiger partial charge < -0.3 is 9.80 Å². The molecule has 0 N–H and O–H groups in total. The molecule has 0 aromatic heterocycles. The Labute approximate surface area is 141 Å². The van der Waals surface area contributed by atoms with Crippen LogP contribution in [-0.2, 0) is 11.3 Å². The minimum absolute atomic E-state index is 0.0594. The molecule has 1 saturated heterocycles. The van der Waals surface area contributed by atoms with Crippen molar-refractivity contribution in [3.63, 3.8) is 0 Å². The van der Waals surface area contributed by atoms with Gasteiger partial charge in [0, 0.05) is 6.54 Å². The van der Waals surface area contributed by atoms with Gasteiger partial charge in [-0.05, 0) is 43.5 Å². The lowest BCUT2D eigenvalue weighted by molar-refractivity contribution is -0.120. The van der Waals surface area contributed by atoms with Crippen LogP contribution in [0, 0.1) is 18.3 Å². The van der Waals surface area contributed by atoms with E-state index in [-0.39, 0.29) is 11.9 Å². The van der Waals surface area contributed by atoms with E-state index in [0.717, 1.165) is 36.3 Å². The molecular weight excluding hydrogens is 298 g/mol. The van der Waals surface area contributed by atoms with Crippen molar-refractivity contribution in [3.8, 4) is 6.07 Å². The Morgan fingerprint density at radius 2 is 1.96 bits per heavy atom. The molecule has 2 aromatic rings. The fourth-order valence-corrected chi connectivity index (χ4v) is 3.70. The van der Waals surface area contributed by atoms with E-state index in [0.29, 0.717) is 12.1 Å². The topological polar surface area (TPSA) is 47.3 Å². The van der Waals surface area contributed by atoms with Crippen molar-refractivity contribution in [1.29, 1.82) is 5.26 Å². The highest BCUT2D eigenvalue weighted by Crippen LogP contribution is 2.41. The number of hydrogen-bond acceptors (Lipinski definition) is 3. The van der Waals surface area contributed by atoms with Crippen molar-refractivity contribution in [3.05, 3.63) is 59.2 Å². The van der Waals surface area contributed by atoms with E-state index in [1.165, 1.54) is 5.56 Å². The first-order valence-corrected chi connectivity index (χ1v) is 8.35. The molecule has 0 bridgehead atoms. The molecule has 0 spiro atoms. The van der Waals surface area contributed by atoms with Crippen molar-refractivity contribution in [2.75, 3.05) is 16.3 Å². The number of benzene rings is 2. The van der Waals surface area contributed by atoms with E-state index in [9.17, 15) is 10.1 Å². The lowest BCUT2D eigenvalue weighted by Crippen LogP contribution is -2.50. The summed E-state index contributed by atoms with van der Waals surface area (Å²) in [5, 5.41) is 9.23. The highest BCUT2D eigenvalue weighted by molar-refractivity contribution is 6.06. The van der Waals surface area contributed by atoms with Gasteiger partial charge in [0.25, 0.3) is 0 Å². The molecule has 2 aromatic carbocycles. The number of hydrogen-bond donors (Lipinski definition) is 0. The fourth-order valence-electron chi connectivity index (χ4n) is 3.70. The van der Waals surface area contributed by atoms with Gasteiger partial charge in [-0.1, -0.05) is 29.8 Å². The van der Waals surface area contributed by atoms with Gasteiger partial charge in [-0.15, -0.1) is 0 Å². The van der Waals surface area contributed by atoms with Gasteiger partial charge in [0.05, 0.1) is 29.6 Å². The van der Waals surface area contributed by atoms with Gasteiger partial charge in [0.2, 0.25) is 5.91 Å². The van der Waals surface area contributed by atoms with Crippen LogP contribution in [0.5, 0.6) is 0 Å². The molecule has 4 nitrogen and oxygen atoms in total. The molecule has 0 aliphatic carbocycles. The molecule has 120 valence electrons. The first-order chi connectivity index (χ1) is 11.7. The molecule has 0 saturated carbocycles. The molecule has 2 heterocycles. The zero-order valence-corrected chi connectivity index (χ0v) is 13.7. The molecule has 2 aliphatic heterocycles. The van der Waals surface area contributed by atoms with Crippen molar-refractivity contribution in [2.45, 2.75) is 32.4 Å². The van der Waals surface area contributed by atoms with Crippen LogP contribution in [0.15, 0.2) is 42.5 Å². The number of nitrogens with zero attached hydrogens (tertiary/aromatic N) is 3. The van der Waals surface area contributed by atoms with Gasteiger partial charge in [-0.25, -0.2) is 0 Å². The first-order valence-electron chi connectivity index (χ1n) is 8.35. The second kappa shape index (κ2) is 5.68. The summed E-state index contributed by atoms with van der Waals surface area (Å²) in [5.41, 5.74) is 4.83. The standard InChI is InChI=1S/C20H19N3O/c1-14-4-6-15(7-5-14)13-23-19-11-16(12-21)8-9-17(19)22-10-2-3-18(22)20(23)24/h4-9,11,18H,2-3,10,13H2,1H3/t18-/m1/s1. The third kappa shape index (κ3) is 2.33. The lowest BCUT2D eigenvalue weighted by Gasteiger charge is -2.39. The van der Waals surface area contributed by atoms with Crippen molar-refractivity contribution >= 4 is 17.3 Å². The normalized spacial score (nSPS) is 19.0. The number of nitriles is 1. The van der Waals surface area contributed by atoms with Gasteiger partial charge in [-0.2, -0.15) is 5.26 Å². The van der Waals surface area contributed by atoms with Crippen molar-refractivity contribution in [1.82, 2.24) is 0 Å². The Bertz CT molecular complexity index is 835. The van der Waals surface area contributed by atoms with E-state index in [2.05, 4.69) is 42.2 Å². The molecule has 4 rings (SSSR count). The molecule has 1 atom stereocenters. The average Bonchev–Trinajstić information content (AvgIpc) is 3.10. The average molecular weight is 317 g/mol. The van der Waals surface area contributed by atoms with E-state index in [1.54, 1.807) is 0 Å². The lowest BCUT2D eigenvalue weighted by atomic mass is 10.0. The van der Waals surface area contributed by atoms with Crippen molar-refractivity contribution in [2.24, 2.45) is 0 Å². The van der Waals surface area contributed by atoms with Gasteiger partial charge in [0.15, 0.2) is 0 Å². The summed E-state index contributed by atoms with van der Waals surface area (Å²) in [6.45, 7) is 3.51. The fraction of sp³-hybridized carbons (Fsp3) is 0.300. The highest BCUT2D eigenvalue weighted by Gasteiger charge is 2.40. The number of rotatable bonds is 2. The summed E-state index contributed by atoms with van der Waals surface area (Å²) in [4.78, 5) is 17.1. The summed E-state index contributed by atoms with van der Waals surface area (Å²) in [6.07, 6.45) is 1.94. The van der Waals surface area contributed by atoms with Crippen molar-refractivity contribution < 1.29 is 4.79 Å². The third-order valence-electron chi connectivity index (χ3n) is 4.97. The van der Waals surface area contributed by atoms with Gasteiger partial charge >= 0.3 is 0 Å². The molecule has 2 aliphatic rings. The Hall–Kier alpha value is -2.80. The smallest absolute Gasteiger partial charge is 0.250 e. The Balaban J connectivity index is 1.78. The summed E-state index contributed by atoms with van der Waals surface area (Å²) in [5.74, 6) is 0.149. The maximum Gasteiger partial charge on any atom is 0.250 e. The van der Waals surface area contributed by atoms with Crippen LogP contribution >= 0.6 is 0 Å². The summed E-state index contributed by atoms with van der Waals surface area (Å²) >= 11 is 0. The second-order valence-electron chi connectivity index (χ2n) is 6.58. The monoisotopic (exact) mass is 317 g/mol. The SMILES string of the molecule is Cc1ccc(CN2C(=O)[C@H]3CCCN3c3ccc(C#N)cc32)cc1. The van der Waals surface area contributed by atoms with E-state index >= 15 is 0 Å². The molecule has 0 unspecified atom stereocenters. The van der Waals surface area contributed by atoms with E-state index < -0.39 is 0 Å². The minimum Gasteiger partial charge on any atom is -0.358 e. The predicted octanol–water partition coefficient (Wildman–Crippen LogP) is 3.38. The van der Waals surface area contributed by atoms with Crippen LogP contribution in [0.2, 0.25) is 0 Å². The van der Waals surface area contributed by atoms with Crippen LogP contribution in [-0.4, -0.2) is 18.5 Å². The quantitative estimate of drug-likeness (QED) is 0.853. The number of carbonyl (C=O) groups is 1. The Morgan fingerprint density at radius 1 is 1.17 bits per heavy atom. The van der Waals surface area contributed by atoms with Crippen LogP contribution in [0.25, 0.3) is 0 Å².